The van der Waals surface area contributed by atoms with E-state index in [1.807, 2.05) is 23.5 Å². The number of hydrogen-bond donors (Lipinski definition) is 1. The molecule has 1 rings (SSSR count). The molecule has 1 heterocycles. The van der Waals surface area contributed by atoms with Crippen molar-refractivity contribution in [2.45, 2.75) is 18.4 Å². The second-order valence-corrected chi connectivity index (χ2v) is 5.94. The maximum atomic E-state index is 9.03. The summed E-state index contributed by atoms with van der Waals surface area (Å²) in [5.41, 5.74) is 0.103. The third kappa shape index (κ3) is 1.83. The number of aliphatic hydroxyl groups excluding tert-OH is 1. The minimum absolute atomic E-state index is 0.103. The van der Waals surface area contributed by atoms with Crippen molar-refractivity contribution in [1.29, 1.82) is 0 Å². The molecule has 1 aliphatic heterocycles. The molecule has 0 unspecified atom stereocenters. The van der Waals surface area contributed by atoms with E-state index in [1.54, 1.807) is 0 Å². The van der Waals surface area contributed by atoms with Gasteiger partial charge in [-0.1, -0.05) is 13.8 Å². The van der Waals surface area contributed by atoms with Crippen LogP contribution in [0.3, 0.4) is 0 Å². The Morgan fingerprint density at radius 1 is 1.40 bits per heavy atom. The van der Waals surface area contributed by atoms with Crippen molar-refractivity contribution in [2.24, 2.45) is 5.41 Å². The van der Waals surface area contributed by atoms with Gasteiger partial charge in [0.25, 0.3) is 0 Å². The molecule has 0 aromatic rings. The van der Waals surface area contributed by atoms with Gasteiger partial charge in [0.1, 0.15) is 0 Å². The van der Waals surface area contributed by atoms with Crippen molar-refractivity contribution < 1.29 is 5.11 Å². The Morgan fingerprint density at radius 2 is 1.90 bits per heavy atom. The van der Waals surface area contributed by atoms with Crippen molar-refractivity contribution >= 4 is 23.5 Å². The Bertz CT molecular complexity index is 108. The zero-order valence-corrected chi connectivity index (χ0v) is 8.10. The predicted molar refractivity (Wildman–Crippen MR) is 49.6 cm³/mol. The quantitative estimate of drug-likeness (QED) is 0.696. The van der Waals surface area contributed by atoms with Crippen LogP contribution in [0.2, 0.25) is 0 Å². The summed E-state index contributed by atoms with van der Waals surface area (Å²) in [6, 6.07) is 0. The van der Waals surface area contributed by atoms with Crippen LogP contribution in [0.15, 0.2) is 0 Å². The van der Waals surface area contributed by atoms with Crippen molar-refractivity contribution in [1.82, 2.24) is 0 Å². The highest BCUT2D eigenvalue weighted by molar-refractivity contribution is 8.20. The lowest BCUT2D eigenvalue weighted by Crippen LogP contribution is -2.26. The number of aliphatic hydroxyl groups is 1. The molecule has 1 nitrogen and oxygen atoms in total. The van der Waals surface area contributed by atoms with Gasteiger partial charge in [-0.3, -0.25) is 0 Å². The lowest BCUT2D eigenvalue weighted by molar-refractivity contribution is 0.175. The van der Waals surface area contributed by atoms with Crippen LogP contribution in [-0.4, -0.2) is 27.8 Å². The lowest BCUT2D eigenvalue weighted by Gasteiger charge is -2.27. The SMILES string of the molecule is CC(C)(CO)C1SCCS1. The van der Waals surface area contributed by atoms with Gasteiger partial charge >= 0.3 is 0 Å². The van der Waals surface area contributed by atoms with E-state index in [1.165, 1.54) is 11.5 Å². The van der Waals surface area contributed by atoms with Crippen LogP contribution in [0.4, 0.5) is 0 Å². The second-order valence-electron chi connectivity index (χ2n) is 3.22. The molecular weight excluding hydrogens is 164 g/mol. The minimum Gasteiger partial charge on any atom is -0.396 e. The van der Waals surface area contributed by atoms with Crippen LogP contribution < -0.4 is 0 Å². The van der Waals surface area contributed by atoms with E-state index < -0.39 is 0 Å². The van der Waals surface area contributed by atoms with E-state index in [0.29, 0.717) is 11.2 Å². The molecule has 1 saturated heterocycles. The van der Waals surface area contributed by atoms with Gasteiger partial charge in [0.2, 0.25) is 0 Å². The van der Waals surface area contributed by atoms with Crippen molar-refractivity contribution in [3.8, 4) is 0 Å². The standard InChI is InChI=1S/C7H14OS2/c1-7(2,5-8)6-9-3-4-10-6/h6,8H,3-5H2,1-2H3. The molecular formula is C7H14OS2. The highest BCUT2D eigenvalue weighted by Crippen LogP contribution is 2.43. The van der Waals surface area contributed by atoms with Gasteiger partial charge in [-0.2, -0.15) is 0 Å². The fraction of sp³-hybridized carbons (Fsp3) is 1.00. The molecule has 3 heteroatoms. The first kappa shape index (κ1) is 8.75. The zero-order valence-electron chi connectivity index (χ0n) is 6.46. The highest BCUT2D eigenvalue weighted by atomic mass is 32.2. The van der Waals surface area contributed by atoms with E-state index in [0.717, 1.165) is 0 Å². The Balaban J connectivity index is 2.45. The molecule has 0 aliphatic carbocycles. The summed E-state index contributed by atoms with van der Waals surface area (Å²) in [6.07, 6.45) is 0. The summed E-state index contributed by atoms with van der Waals surface area (Å²) >= 11 is 3.95. The number of hydrogen-bond acceptors (Lipinski definition) is 3. The first-order valence-electron chi connectivity index (χ1n) is 3.51. The summed E-state index contributed by atoms with van der Waals surface area (Å²) in [6.45, 7) is 4.56. The van der Waals surface area contributed by atoms with Gasteiger partial charge in [-0.15, -0.1) is 23.5 Å². The topological polar surface area (TPSA) is 20.2 Å². The summed E-state index contributed by atoms with van der Waals surface area (Å²) in [4.78, 5) is 0. The molecule has 1 aliphatic rings. The number of rotatable bonds is 2. The highest BCUT2D eigenvalue weighted by Gasteiger charge is 2.32. The van der Waals surface area contributed by atoms with Crippen LogP contribution in [0, 0.1) is 5.41 Å². The van der Waals surface area contributed by atoms with E-state index in [-0.39, 0.29) is 5.41 Å². The van der Waals surface area contributed by atoms with Crippen molar-refractivity contribution in [3.63, 3.8) is 0 Å². The van der Waals surface area contributed by atoms with E-state index in [2.05, 4.69) is 13.8 Å². The molecule has 0 radical (unpaired) electrons. The summed E-state index contributed by atoms with van der Waals surface area (Å²) in [5, 5.41) is 9.03. The van der Waals surface area contributed by atoms with Gasteiger partial charge in [0.15, 0.2) is 0 Å². The molecule has 0 saturated carbocycles. The summed E-state index contributed by atoms with van der Waals surface area (Å²) < 4.78 is 0.609. The third-order valence-electron chi connectivity index (χ3n) is 1.67. The summed E-state index contributed by atoms with van der Waals surface area (Å²) in [7, 11) is 0. The monoisotopic (exact) mass is 178 g/mol. The molecule has 0 atom stereocenters. The van der Waals surface area contributed by atoms with Gasteiger partial charge in [0.05, 0.1) is 11.2 Å². The van der Waals surface area contributed by atoms with Crippen LogP contribution in [0.25, 0.3) is 0 Å². The fourth-order valence-electron chi connectivity index (χ4n) is 0.884. The zero-order chi connectivity index (χ0) is 7.61. The largest absolute Gasteiger partial charge is 0.396 e. The van der Waals surface area contributed by atoms with Gasteiger partial charge < -0.3 is 5.11 Å². The lowest BCUT2D eigenvalue weighted by atomic mass is 9.98. The molecule has 1 N–H and O–H groups in total. The van der Waals surface area contributed by atoms with Crippen molar-refractivity contribution in [2.75, 3.05) is 18.1 Å². The van der Waals surface area contributed by atoms with Crippen LogP contribution in [0.1, 0.15) is 13.8 Å². The Kier molecular flexibility index (Phi) is 2.95. The molecule has 0 aromatic carbocycles. The van der Waals surface area contributed by atoms with E-state index >= 15 is 0 Å². The Labute approximate surface area is 71.0 Å². The van der Waals surface area contributed by atoms with Gasteiger partial charge in [0, 0.05) is 16.9 Å². The maximum Gasteiger partial charge on any atom is 0.0575 e. The normalized spacial score (nSPS) is 21.9. The van der Waals surface area contributed by atoms with Crippen LogP contribution >= 0.6 is 23.5 Å². The Morgan fingerprint density at radius 3 is 2.30 bits per heavy atom. The fourth-order valence-corrected chi connectivity index (χ4v) is 4.10. The predicted octanol–water partition coefficient (Wildman–Crippen LogP) is 1.81. The van der Waals surface area contributed by atoms with Crippen LogP contribution in [-0.2, 0) is 0 Å². The molecule has 0 spiro atoms. The molecule has 0 bridgehead atoms. The average molecular weight is 178 g/mol. The molecule has 1 fully saturated rings. The van der Waals surface area contributed by atoms with E-state index in [4.69, 9.17) is 5.11 Å². The second kappa shape index (κ2) is 3.37. The average Bonchev–Trinajstić information content (AvgIpc) is 2.38. The third-order valence-corrected chi connectivity index (χ3v) is 5.50. The molecule has 60 valence electrons. The molecule has 10 heavy (non-hydrogen) atoms. The Hall–Kier alpha value is 0.660. The van der Waals surface area contributed by atoms with Crippen LogP contribution in [0.5, 0.6) is 0 Å². The maximum absolute atomic E-state index is 9.03. The minimum atomic E-state index is 0.103. The molecule has 0 amide bonds. The van der Waals surface area contributed by atoms with Gasteiger partial charge in [-0.05, 0) is 0 Å². The molecule has 0 aromatic heterocycles. The summed E-state index contributed by atoms with van der Waals surface area (Å²) in [5.74, 6) is 2.50. The van der Waals surface area contributed by atoms with E-state index in [9.17, 15) is 0 Å². The first-order valence-corrected chi connectivity index (χ1v) is 5.60. The van der Waals surface area contributed by atoms with Crippen molar-refractivity contribution in [3.05, 3.63) is 0 Å². The van der Waals surface area contributed by atoms with Gasteiger partial charge in [-0.25, -0.2) is 0 Å². The first-order chi connectivity index (χ1) is 4.67. The smallest absolute Gasteiger partial charge is 0.0575 e. The number of thioether (sulfide) groups is 2.